The number of aryl methyl sites for hydroxylation is 2. The molecule has 0 radical (unpaired) electrons. The van der Waals surface area contributed by atoms with Crippen LogP contribution in [-0.2, 0) is 19.6 Å². The number of aromatic nitrogens is 1. The molecule has 1 N–H and O–H groups in total. The highest BCUT2D eigenvalue weighted by atomic mass is 32.2. The van der Waals surface area contributed by atoms with Crippen molar-refractivity contribution < 1.29 is 27.3 Å². The number of amides is 1. The molecule has 0 aliphatic rings. The normalized spacial score (nSPS) is 11.4. The van der Waals surface area contributed by atoms with E-state index in [2.05, 4.69) is 10.5 Å². The molecule has 0 atom stereocenters. The summed E-state index contributed by atoms with van der Waals surface area (Å²) in [5.74, 6) is -1.04. The monoisotopic (exact) mass is 395 g/mol. The van der Waals surface area contributed by atoms with Gasteiger partial charge in [0.25, 0.3) is 0 Å². The Morgan fingerprint density at radius 3 is 2.52 bits per heavy atom. The summed E-state index contributed by atoms with van der Waals surface area (Å²) >= 11 is 0. The standard InChI is InChI=1S/C17H21N3O6S/c1-5-25-17(22)13-8-6-7-9-14(13)18-15(21)10-20(4)27(23,24)16-11(2)19-26-12(16)3/h6-9H,5,10H2,1-4H3,(H,18,21). The molecular formula is C17H21N3O6S. The van der Waals surface area contributed by atoms with E-state index in [-0.39, 0.29) is 34.2 Å². The van der Waals surface area contributed by atoms with Crippen LogP contribution in [0.1, 0.15) is 28.7 Å². The molecule has 0 fully saturated rings. The average Bonchev–Trinajstić information content (AvgIpc) is 2.94. The molecule has 0 spiro atoms. The molecule has 2 aromatic rings. The van der Waals surface area contributed by atoms with Crippen molar-refractivity contribution in [2.75, 3.05) is 25.5 Å². The molecule has 0 saturated heterocycles. The zero-order chi connectivity index (χ0) is 20.2. The van der Waals surface area contributed by atoms with Crippen molar-refractivity contribution in [3.05, 3.63) is 41.3 Å². The summed E-state index contributed by atoms with van der Waals surface area (Å²) in [6.07, 6.45) is 0. The van der Waals surface area contributed by atoms with E-state index in [1.165, 1.54) is 33.0 Å². The van der Waals surface area contributed by atoms with Gasteiger partial charge in [0.1, 0.15) is 10.6 Å². The molecule has 27 heavy (non-hydrogen) atoms. The van der Waals surface area contributed by atoms with Crippen molar-refractivity contribution in [2.45, 2.75) is 25.7 Å². The lowest BCUT2D eigenvalue weighted by Crippen LogP contribution is -2.35. The third kappa shape index (κ3) is 4.52. The zero-order valence-electron chi connectivity index (χ0n) is 15.5. The van der Waals surface area contributed by atoms with Gasteiger partial charge in [0, 0.05) is 7.05 Å². The summed E-state index contributed by atoms with van der Waals surface area (Å²) in [7, 11) is -2.68. The van der Waals surface area contributed by atoms with Crippen LogP contribution in [0.25, 0.3) is 0 Å². The lowest BCUT2D eigenvalue weighted by molar-refractivity contribution is -0.116. The molecule has 1 aromatic carbocycles. The van der Waals surface area contributed by atoms with Crippen LogP contribution in [0.4, 0.5) is 5.69 Å². The third-order valence-electron chi connectivity index (χ3n) is 3.70. The van der Waals surface area contributed by atoms with Crippen LogP contribution in [0, 0.1) is 13.8 Å². The first kappa shape index (κ1) is 20.6. The minimum absolute atomic E-state index is 0.0651. The van der Waals surface area contributed by atoms with Gasteiger partial charge in [0.05, 0.1) is 24.4 Å². The molecule has 0 bridgehead atoms. The van der Waals surface area contributed by atoms with Gasteiger partial charge in [-0.1, -0.05) is 17.3 Å². The minimum Gasteiger partial charge on any atom is -0.462 e. The maximum atomic E-state index is 12.7. The van der Waals surface area contributed by atoms with E-state index < -0.39 is 28.4 Å². The minimum atomic E-state index is -3.95. The summed E-state index contributed by atoms with van der Waals surface area (Å²) < 4.78 is 36.0. The van der Waals surface area contributed by atoms with Crippen LogP contribution < -0.4 is 5.32 Å². The van der Waals surface area contributed by atoms with Gasteiger partial charge in [0.15, 0.2) is 5.76 Å². The predicted molar refractivity (Wildman–Crippen MR) is 96.8 cm³/mol. The Morgan fingerprint density at radius 2 is 1.93 bits per heavy atom. The number of para-hydroxylation sites is 1. The van der Waals surface area contributed by atoms with Crippen molar-refractivity contribution in [2.24, 2.45) is 0 Å². The summed E-state index contributed by atoms with van der Waals surface area (Å²) in [6.45, 7) is 4.40. The Labute approximate surface area is 157 Å². The number of carbonyl (C=O) groups excluding carboxylic acids is 2. The van der Waals surface area contributed by atoms with Crippen molar-refractivity contribution >= 4 is 27.6 Å². The maximum Gasteiger partial charge on any atom is 0.340 e. The molecule has 1 amide bonds. The fourth-order valence-electron chi connectivity index (χ4n) is 2.45. The van der Waals surface area contributed by atoms with E-state index in [4.69, 9.17) is 9.26 Å². The van der Waals surface area contributed by atoms with Crippen LogP contribution in [0.2, 0.25) is 0 Å². The number of benzene rings is 1. The number of nitrogens with one attached hydrogen (secondary N) is 1. The van der Waals surface area contributed by atoms with E-state index >= 15 is 0 Å². The number of carbonyl (C=O) groups is 2. The number of esters is 1. The Hall–Kier alpha value is -2.72. The van der Waals surface area contributed by atoms with Gasteiger partial charge < -0.3 is 14.6 Å². The molecular weight excluding hydrogens is 374 g/mol. The van der Waals surface area contributed by atoms with Crippen molar-refractivity contribution in [3.63, 3.8) is 0 Å². The molecule has 0 unspecified atom stereocenters. The number of likely N-dealkylation sites (N-methyl/N-ethyl adjacent to an activating group) is 1. The lowest BCUT2D eigenvalue weighted by Gasteiger charge is -2.17. The number of nitrogens with zero attached hydrogens (tertiary/aromatic N) is 2. The first-order valence-electron chi connectivity index (χ1n) is 8.13. The highest BCUT2D eigenvalue weighted by molar-refractivity contribution is 7.89. The SMILES string of the molecule is CCOC(=O)c1ccccc1NC(=O)CN(C)S(=O)(=O)c1c(C)noc1C. The Bertz CT molecular complexity index is 932. The van der Waals surface area contributed by atoms with E-state index in [1.54, 1.807) is 19.1 Å². The lowest BCUT2D eigenvalue weighted by atomic mass is 10.2. The predicted octanol–water partition coefficient (Wildman–Crippen LogP) is 1.73. The second kappa shape index (κ2) is 8.31. The Balaban J connectivity index is 2.16. The second-order valence-electron chi connectivity index (χ2n) is 5.73. The molecule has 0 saturated carbocycles. The molecule has 1 aromatic heterocycles. The van der Waals surface area contributed by atoms with Gasteiger partial charge in [0.2, 0.25) is 15.9 Å². The number of anilines is 1. The van der Waals surface area contributed by atoms with Gasteiger partial charge in [-0.3, -0.25) is 4.79 Å². The topological polar surface area (TPSA) is 119 Å². The van der Waals surface area contributed by atoms with Gasteiger partial charge in [-0.15, -0.1) is 0 Å². The van der Waals surface area contributed by atoms with Gasteiger partial charge >= 0.3 is 5.97 Å². The number of ether oxygens (including phenoxy) is 1. The van der Waals surface area contributed by atoms with Crippen molar-refractivity contribution in [1.29, 1.82) is 0 Å². The largest absolute Gasteiger partial charge is 0.462 e. The van der Waals surface area contributed by atoms with Crippen molar-refractivity contribution in [1.82, 2.24) is 9.46 Å². The average molecular weight is 395 g/mol. The molecule has 1 heterocycles. The van der Waals surface area contributed by atoms with Gasteiger partial charge in [-0.05, 0) is 32.9 Å². The molecule has 10 heteroatoms. The summed E-state index contributed by atoms with van der Waals surface area (Å²) in [6, 6.07) is 6.32. The van der Waals surface area contributed by atoms with Gasteiger partial charge in [-0.25, -0.2) is 13.2 Å². The molecule has 2 rings (SSSR count). The summed E-state index contributed by atoms with van der Waals surface area (Å²) in [5.41, 5.74) is 0.639. The smallest absolute Gasteiger partial charge is 0.340 e. The fraction of sp³-hybridized carbons (Fsp3) is 0.353. The van der Waals surface area contributed by atoms with Crippen LogP contribution in [-0.4, -0.2) is 50.0 Å². The number of hydrogen-bond donors (Lipinski definition) is 1. The van der Waals surface area contributed by atoms with E-state index in [0.717, 1.165) is 4.31 Å². The number of hydrogen-bond acceptors (Lipinski definition) is 7. The maximum absolute atomic E-state index is 12.7. The Morgan fingerprint density at radius 1 is 1.26 bits per heavy atom. The molecule has 146 valence electrons. The van der Waals surface area contributed by atoms with Crippen LogP contribution >= 0.6 is 0 Å². The first-order valence-corrected chi connectivity index (χ1v) is 9.57. The number of sulfonamides is 1. The van der Waals surface area contributed by atoms with Crippen LogP contribution in [0.5, 0.6) is 0 Å². The number of rotatable bonds is 7. The first-order chi connectivity index (χ1) is 12.7. The third-order valence-corrected chi connectivity index (χ3v) is 5.75. The molecule has 9 nitrogen and oxygen atoms in total. The quantitative estimate of drug-likeness (QED) is 0.709. The van der Waals surface area contributed by atoms with Gasteiger partial charge in [-0.2, -0.15) is 4.31 Å². The Kier molecular flexibility index (Phi) is 6.34. The second-order valence-corrected chi connectivity index (χ2v) is 7.71. The molecule has 0 aliphatic heterocycles. The highest BCUT2D eigenvalue weighted by Crippen LogP contribution is 2.22. The highest BCUT2D eigenvalue weighted by Gasteiger charge is 2.30. The summed E-state index contributed by atoms with van der Waals surface area (Å²) in [5, 5.41) is 6.17. The molecule has 0 aliphatic carbocycles. The fourth-order valence-corrected chi connectivity index (χ4v) is 3.86. The van der Waals surface area contributed by atoms with E-state index in [9.17, 15) is 18.0 Å². The van der Waals surface area contributed by atoms with Crippen molar-refractivity contribution in [3.8, 4) is 0 Å². The zero-order valence-corrected chi connectivity index (χ0v) is 16.3. The van der Waals surface area contributed by atoms with Crippen LogP contribution in [0.15, 0.2) is 33.7 Å². The van der Waals surface area contributed by atoms with E-state index in [1.807, 2.05) is 0 Å². The van der Waals surface area contributed by atoms with E-state index in [0.29, 0.717) is 0 Å². The summed E-state index contributed by atoms with van der Waals surface area (Å²) in [4.78, 5) is 24.2. The van der Waals surface area contributed by atoms with Crippen LogP contribution in [0.3, 0.4) is 0 Å².